The van der Waals surface area contributed by atoms with E-state index in [1.807, 2.05) is 24.3 Å². The smallest absolute Gasteiger partial charge is 0.240 e. The first kappa shape index (κ1) is 18.2. The molecule has 0 saturated carbocycles. The lowest BCUT2D eigenvalue weighted by Gasteiger charge is -2.25. The van der Waals surface area contributed by atoms with Gasteiger partial charge in [0.25, 0.3) is 0 Å². The van der Waals surface area contributed by atoms with E-state index in [-0.39, 0.29) is 17.7 Å². The van der Waals surface area contributed by atoms with Crippen molar-refractivity contribution in [3.8, 4) is 0 Å². The quantitative estimate of drug-likeness (QED) is 0.562. The fraction of sp³-hybridized carbons (Fsp3) is 0.261. The molecule has 8 nitrogen and oxygen atoms in total. The molecule has 0 spiro atoms. The van der Waals surface area contributed by atoms with Crippen molar-refractivity contribution in [1.82, 2.24) is 9.97 Å². The highest BCUT2D eigenvalue weighted by atomic mass is 35.5. The summed E-state index contributed by atoms with van der Waals surface area (Å²) in [5, 5.41) is 4.82. The molecule has 2 aromatic carbocycles. The third-order valence-corrected chi connectivity index (χ3v) is 7.09. The number of ether oxygens (including phenoxy) is 1. The third-order valence-electron chi connectivity index (χ3n) is 6.84. The van der Waals surface area contributed by atoms with E-state index in [1.54, 1.807) is 30.5 Å². The molecule has 2 bridgehead atoms. The first-order chi connectivity index (χ1) is 15.6. The number of imide groups is 1. The van der Waals surface area contributed by atoms with Gasteiger partial charge in [0.15, 0.2) is 6.10 Å². The largest absolute Gasteiger partial charge is 0.389 e. The van der Waals surface area contributed by atoms with E-state index in [2.05, 4.69) is 15.1 Å². The van der Waals surface area contributed by atoms with Gasteiger partial charge in [0, 0.05) is 5.02 Å². The van der Waals surface area contributed by atoms with Crippen LogP contribution in [-0.4, -0.2) is 45.8 Å². The zero-order chi connectivity index (χ0) is 21.6. The standard InChI is InChI=1S/C23H15ClN4O4/c24-10-5-7-11(8-6-10)28-22(29)15-16(23(28)30)20-21-17(19(15)31-20)18(27-32-21)14-9-25-12-3-1-2-4-13(12)26-14/h1-9,15-17,19-21H/t15-,16+,17-,19-,20+,21-/m1/s1. The Labute approximate surface area is 186 Å². The number of oxime groups is 1. The second kappa shape index (κ2) is 6.34. The molecule has 6 atom stereocenters. The third kappa shape index (κ3) is 2.28. The number of fused-ring (bicyclic) bond motifs is 9. The molecule has 5 heterocycles. The molecule has 3 saturated heterocycles. The lowest BCUT2D eigenvalue weighted by Crippen LogP contribution is -2.45. The van der Waals surface area contributed by atoms with E-state index in [4.69, 9.17) is 21.2 Å². The summed E-state index contributed by atoms with van der Waals surface area (Å²) in [4.78, 5) is 42.7. The predicted molar refractivity (Wildman–Crippen MR) is 114 cm³/mol. The van der Waals surface area contributed by atoms with Crippen LogP contribution in [0.15, 0.2) is 59.9 Å². The normalized spacial score (nSPS) is 32.3. The molecule has 0 aliphatic carbocycles. The molecule has 158 valence electrons. The molecule has 9 heteroatoms. The Hall–Kier alpha value is -3.36. The maximum Gasteiger partial charge on any atom is 0.240 e. The Morgan fingerprint density at radius 2 is 1.56 bits per heavy atom. The van der Waals surface area contributed by atoms with E-state index < -0.39 is 30.1 Å². The summed E-state index contributed by atoms with van der Waals surface area (Å²) in [5.41, 5.74) is 3.25. The fourth-order valence-corrected chi connectivity index (χ4v) is 5.62. The van der Waals surface area contributed by atoms with Gasteiger partial charge in [-0.15, -0.1) is 0 Å². The van der Waals surface area contributed by atoms with Crippen molar-refractivity contribution in [2.75, 3.05) is 4.90 Å². The zero-order valence-corrected chi connectivity index (χ0v) is 17.2. The number of halogens is 1. The molecule has 2 amide bonds. The van der Waals surface area contributed by atoms with Crippen molar-refractivity contribution >= 4 is 45.8 Å². The number of rotatable bonds is 2. The van der Waals surface area contributed by atoms with Crippen LogP contribution in [0.25, 0.3) is 11.0 Å². The Bertz CT molecular complexity index is 1340. The second-order valence-electron chi connectivity index (χ2n) is 8.42. The summed E-state index contributed by atoms with van der Waals surface area (Å²) in [6.45, 7) is 0. The molecule has 1 aromatic heterocycles. The maximum absolute atomic E-state index is 13.4. The van der Waals surface area contributed by atoms with E-state index in [0.717, 1.165) is 11.0 Å². The van der Waals surface area contributed by atoms with Crippen molar-refractivity contribution in [2.24, 2.45) is 22.9 Å². The lowest BCUT2D eigenvalue weighted by molar-refractivity contribution is -0.125. The number of para-hydroxylation sites is 2. The Kier molecular flexibility index (Phi) is 3.61. The summed E-state index contributed by atoms with van der Waals surface area (Å²) in [6.07, 6.45) is 0.209. The van der Waals surface area contributed by atoms with Crippen molar-refractivity contribution in [1.29, 1.82) is 0 Å². The molecule has 4 aliphatic rings. The molecule has 4 aliphatic heterocycles. The van der Waals surface area contributed by atoms with Crippen LogP contribution in [0.1, 0.15) is 5.69 Å². The van der Waals surface area contributed by atoms with Crippen LogP contribution >= 0.6 is 11.6 Å². The van der Waals surface area contributed by atoms with Crippen LogP contribution in [0.4, 0.5) is 5.69 Å². The summed E-state index contributed by atoms with van der Waals surface area (Å²) in [6, 6.07) is 14.3. The highest BCUT2D eigenvalue weighted by molar-refractivity contribution is 6.31. The zero-order valence-electron chi connectivity index (χ0n) is 16.5. The molecule has 3 aromatic rings. The van der Waals surface area contributed by atoms with E-state index in [0.29, 0.717) is 22.1 Å². The van der Waals surface area contributed by atoms with E-state index >= 15 is 0 Å². The van der Waals surface area contributed by atoms with E-state index in [1.165, 1.54) is 4.90 Å². The lowest BCUT2D eigenvalue weighted by atomic mass is 9.72. The van der Waals surface area contributed by atoms with Gasteiger partial charge < -0.3 is 9.57 Å². The van der Waals surface area contributed by atoms with Crippen molar-refractivity contribution in [2.45, 2.75) is 18.3 Å². The SMILES string of the molecule is O=C1[C@@H]2[C@@H]3O[C@@H]([C@H]4C(c5cnc6ccccc6n5)=NO[C@@H]34)[C@@H]2C(=O)N1c1ccc(Cl)cc1. The number of amides is 2. The number of hydrogen-bond acceptors (Lipinski definition) is 7. The average Bonchev–Trinajstić information content (AvgIpc) is 3.55. The van der Waals surface area contributed by atoms with Crippen LogP contribution in [-0.2, 0) is 19.2 Å². The van der Waals surface area contributed by atoms with Crippen molar-refractivity contribution in [3.05, 3.63) is 65.4 Å². The minimum Gasteiger partial charge on any atom is -0.389 e. The summed E-state index contributed by atoms with van der Waals surface area (Å²) >= 11 is 5.97. The Morgan fingerprint density at radius 1 is 0.844 bits per heavy atom. The van der Waals surface area contributed by atoms with Crippen LogP contribution in [0.2, 0.25) is 5.02 Å². The molecule has 7 rings (SSSR count). The van der Waals surface area contributed by atoms with Crippen LogP contribution in [0.5, 0.6) is 0 Å². The highest BCUT2D eigenvalue weighted by Crippen LogP contribution is 2.55. The summed E-state index contributed by atoms with van der Waals surface area (Å²) in [5.74, 6) is -1.97. The number of aromatic nitrogens is 2. The monoisotopic (exact) mass is 446 g/mol. The molecule has 32 heavy (non-hydrogen) atoms. The van der Waals surface area contributed by atoms with Gasteiger partial charge in [-0.25, -0.2) is 9.88 Å². The number of benzene rings is 2. The first-order valence-electron chi connectivity index (χ1n) is 10.4. The number of hydrogen-bond donors (Lipinski definition) is 0. The number of carbonyl (C=O) groups excluding carboxylic acids is 2. The number of carbonyl (C=O) groups is 2. The molecular weight excluding hydrogens is 432 g/mol. The van der Waals surface area contributed by atoms with Crippen molar-refractivity contribution < 1.29 is 19.2 Å². The molecule has 0 N–H and O–H groups in total. The topological polar surface area (TPSA) is 94.0 Å². The molecular formula is C23H15ClN4O4. The van der Waals surface area contributed by atoms with Crippen LogP contribution in [0, 0.1) is 17.8 Å². The molecule has 3 fully saturated rings. The second-order valence-corrected chi connectivity index (χ2v) is 8.86. The maximum atomic E-state index is 13.4. The van der Waals surface area contributed by atoms with Gasteiger partial charge in [0.1, 0.15) is 17.5 Å². The van der Waals surface area contributed by atoms with E-state index in [9.17, 15) is 9.59 Å². The van der Waals surface area contributed by atoms with Gasteiger partial charge in [-0.1, -0.05) is 28.9 Å². The Balaban J connectivity index is 1.24. The molecule has 0 radical (unpaired) electrons. The minimum absolute atomic E-state index is 0.260. The van der Waals surface area contributed by atoms with Gasteiger partial charge in [-0.3, -0.25) is 14.6 Å². The highest BCUT2D eigenvalue weighted by Gasteiger charge is 2.72. The summed E-state index contributed by atoms with van der Waals surface area (Å²) < 4.78 is 6.15. The van der Waals surface area contributed by atoms with Gasteiger partial charge in [-0.05, 0) is 36.4 Å². The fourth-order valence-electron chi connectivity index (χ4n) is 5.49. The average molecular weight is 447 g/mol. The number of nitrogens with zero attached hydrogens (tertiary/aromatic N) is 4. The van der Waals surface area contributed by atoms with Crippen LogP contribution in [0.3, 0.4) is 0 Å². The van der Waals surface area contributed by atoms with Gasteiger partial charge >= 0.3 is 0 Å². The van der Waals surface area contributed by atoms with Gasteiger partial charge in [-0.2, -0.15) is 0 Å². The Morgan fingerprint density at radius 3 is 2.34 bits per heavy atom. The summed E-state index contributed by atoms with van der Waals surface area (Å²) in [7, 11) is 0. The predicted octanol–water partition coefficient (Wildman–Crippen LogP) is 2.59. The van der Waals surface area contributed by atoms with Gasteiger partial charge in [0.05, 0.1) is 46.8 Å². The number of anilines is 1. The van der Waals surface area contributed by atoms with Crippen molar-refractivity contribution in [3.63, 3.8) is 0 Å². The van der Waals surface area contributed by atoms with Crippen LogP contribution < -0.4 is 4.90 Å². The molecule has 0 unspecified atom stereocenters. The minimum atomic E-state index is -0.582. The first-order valence-corrected chi connectivity index (χ1v) is 10.7. The van der Waals surface area contributed by atoms with Gasteiger partial charge in [0.2, 0.25) is 11.8 Å².